The molecule has 2 aliphatic rings. The van der Waals surface area contributed by atoms with Crippen LogP contribution >= 0.6 is 0 Å². The van der Waals surface area contributed by atoms with Crippen LogP contribution in [0, 0.1) is 0 Å². The van der Waals surface area contributed by atoms with Crippen molar-refractivity contribution in [3.05, 3.63) is 48.5 Å². The maximum atomic E-state index is 13.0. The van der Waals surface area contributed by atoms with Crippen LogP contribution in [-0.2, 0) is 11.3 Å². The Morgan fingerprint density at radius 2 is 1.89 bits per heavy atom. The molecule has 2 aromatic rings. The molecule has 0 radical (unpaired) electrons. The molecule has 1 unspecified atom stereocenters. The van der Waals surface area contributed by atoms with Gasteiger partial charge < -0.3 is 5.32 Å². The number of carbonyl (C=O) groups excluding carboxylic acids is 1. The van der Waals surface area contributed by atoms with Crippen molar-refractivity contribution in [1.29, 1.82) is 0 Å². The zero-order chi connectivity index (χ0) is 18.5. The normalized spacial score (nSPS) is 26.6. The second kappa shape index (κ2) is 8.65. The van der Waals surface area contributed by atoms with Crippen LogP contribution in [-0.4, -0.2) is 44.2 Å². The molecule has 1 atom stereocenters. The summed E-state index contributed by atoms with van der Waals surface area (Å²) < 4.78 is 1.96. The van der Waals surface area contributed by atoms with Gasteiger partial charge in [-0.05, 0) is 50.6 Å². The molecule has 6 nitrogen and oxygen atoms in total. The highest BCUT2D eigenvalue weighted by atomic mass is 16.2. The van der Waals surface area contributed by atoms with Crippen molar-refractivity contribution >= 4 is 5.91 Å². The minimum absolute atomic E-state index is 0.00648. The van der Waals surface area contributed by atoms with Crippen molar-refractivity contribution in [2.75, 3.05) is 6.54 Å². The molecule has 1 N–H and O–H groups in total. The number of nitrogens with one attached hydrogen (secondary N) is 1. The number of hydrogen-bond donors (Lipinski definition) is 1. The molecular formula is C21H29N5O. The molecule has 0 bridgehead atoms. The number of carbonyl (C=O) groups is 1. The van der Waals surface area contributed by atoms with Gasteiger partial charge in [-0.1, -0.05) is 36.8 Å². The zero-order valence-electron chi connectivity index (χ0n) is 15.8. The average Bonchev–Trinajstić information content (AvgIpc) is 3.25. The van der Waals surface area contributed by atoms with E-state index in [0.29, 0.717) is 6.04 Å². The molecule has 2 fully saturated rings. The van der Waals surface area contributed by atoms with Crippen molar-refractivity contribution in [2.24, 2.45) is 0 Å². The number of hydrogen-bond acceptors (Lipinski definition) is 4. The van der Waals surface area contributed by atoms with Gasteiger partial charge in [-0.15, -0.1) is 0 Å². The fourth-order valence-corrected chi connectivity index (χ4v) is 4.48. The number of nitrogens with zero attached hydrogens (tertiary/aromatic N) is 4. The number of rotatable bonds is 5. The third kappa shape index (κ3) is 4.56. The van der Waals surface area contributed by atoms with Gasteiger partial charge in [0.25, 0.3) is 0 Å². The summed E-state index contributed by atoms with van der Waals surface area (Å²) in [5.74, 6) is 0.217. The molecule has 1 aliphatic heterocycles. The van der Waals surface area contributed by atoms with E-state index in [4.69, 9.17) is 0 Å². The molecule has 4 rings (SSSR count). The van der Waals surface area contributed by atoms with E-state index in [0.717, 1.165) is 51.6 Å². The lowest BCUT2D eigenvalue weighted by Crippen LogP contribution is -2.51. The minimum Gasteiger partial charge on any atom is -0.352 e. The van der Waals surface area contributed by atoms with Gasteiger partial charge >= 0.3 is 0 Å². The summed E-state index contributed by atoms with van der Waals surface area (Å²) in [6.07, 6.45) is 10.8. The Morgan fingerprint density at radius 1 is 1.07 bits per heavy atom. The number of piperidine rings is 1. The van der Waals surface area contributed by atoms with Crippen LogP contribution in [0.15, 0.2) is 43.0 Å². The first-order chi connectivity index (χ1) is 13.3. The summed E-state index contributed by atoms with van der Waals surface area (Å²) in [6, 6.07) is 11.2. The van der Waals surface area contributed by atoms with Gasteiger partial charge in [-0.3, -0.25) is 9.69 Å². The minimum atomic E-state index is 0.00648. The predicted molar refractivity (Wildman–Crippen MR) is 104 cm³/mol. The number of amides is 1. The van der Waals surface area contributed by atoms with E-state index < -0.39 is 0 Å². The third-order valence-electron chi connectivity index (χ3n) is 6.00. The van der Waals surface area contributed by atoms with Crippen LogP contribution in [0.1, 0.15) is 56.6 Å². The van der Waals surface area contributed by atoms with Crippen LogP contribution in [0.5, 0.6) is 0 Å². The summed E-state index contributed by atoms with van der Waals surface area (Å²) >= 11 is 0. The first-order valence-electron chi connectivity index (χ1n) is 10.2. The maximum absolute atomic E-state index is 13.0. The topological polar surface area (TPSA) is 63.1 Å². The summed E-state index contributed by atoms with van der Waals surface area (Å²) in [5, 5.41) is 7.60. The van der Waals surface area contributed by atoms with E-state index in [9.17, 15) is 4.79 Å². The number of likely N-dealkylation sites (tertiary alicyclic amines) is 1. The zero-order valence-corrected chi connectivity index (χ0v) is 15.8. The second-order valence-electron chi connectivity index (χ2n) is 7.86. The van der Waals surface area contributed by atoms with E-state index in [1.807, 2.05) is 10.7 Å². The first-order valence-corrected chi connectivity index (χ1v) is 10.2. The van der Waals surface area contributed by atoms with Gasteiger partial charge in [0.05, 0.1) is 12.1 Å². The molecule has 1 aromatic carbocycles. The van der Waals surface area contributed by atoms with E-state index in [1.165, 1.54) is 12.0 Å². The smallest absolute Gasteiger partial charge is 0.237 e. The van der Waals surface area contributed by atoms with Crippen LogP contribution in [0.3, 0.4) is 0 Å². The molecule has 1 aliphatic carbocycles. The van der Waals surface area contributed by atoms with Crippen molar-refractivity contribution in [3.8, 4) is 0 Å². The molecule has 6 heteroatoms. The standard InChI is InChI=1S/C21H29N5O/c27-21(24-18-9-11-19(12-10-18)26-16-22-15-23-26)20-8-4-5-13-25(20)14-17-6-2-1-3-7-17/h1-3,6-7,15-16,18-20H,4-5,8-14H2,(H,24,27). The molecule has 144 valence electrons. The Balaban J connectivity index is 1.31. The fraction of sp³-hybridized carbons (Fsp3) is 0.571. The Morgan fingerprint density at radius 3 is 2.63 bits per heavy atom. The molecule has 2 heterocycles. The summed E-state index contributed by atoms with van der Waals surface area (Å²) in [4.78, 5) is 19.4. The quantitative estimate of drug-likeness (QED) is 0.883. The largest absolute Gasteiger partial charge is 0.352 e. The van der Waals surface area contributed by atoms with Crippen molar-refractivity contribution in [1.82, 2.24) is 25.0 Å². The van der Waals surface area contributed by atoms with Gasteiger partial charge in [0.15, 0.2) is 0 Å². The Labute approximate surface area is 161 Å². The molecule has 27 heavy (non-hydrogen) atoms. The average molecular weight is 367 g/mol. The summed E-state index contributed by atoms with van der Waals surface area (Å²) in [6.45, 7) is 1.87. The SMILES string of the molecule is O=C(NC1CCC(n2cncn2)CC1)C1CCCCN1Cc1ccccc1. The maximum Gasteiger partial charge on any atom is 0.237 e. The second-order valence-corrected chi connectivity index (χ2v) is 7.86. The highest BCUT2D eigenvalue weighted by Gasteiger charge is 2.31. The lowest BCUT2D eigenvalue weighted by Gasteiger charge is -2.36. The monoisotopic (exact) mass is 367 g/mol. The van der Waals surface area contributed by atoms with Gasteiger partial charge in [-0.2, -0.15) is 5.10 Å². The number of benzene rings is 1. The molecule has 1 aromatic heterocycles. The molecule has 0 spiro atoms. The Hall–Kier alpha value is -2.21. The van der Waals surface area contributed by atoms with Gasteiger partial charge in [0.2, 0.25) is 5.91 Å². The Kier molecular flexibility index (Phi) is 5.82. The van der Waals surface area contributed by atoms with Crippen LogP contribution in [0.2, 0.25) is 0 Å². The molecule has 1 saturated carbocycles. The van der Waals surface area contributed by atoms with E-state index in [1.54, 1.807) is 12.7 Å². The van der Waals surface area contributed by atoms with Crippen molar-refractivity contribution < 1.29 is 4.79 Å². The summed E-state index contributed by atoms with van der Waals surface area (Å²) in [7, 11) is 0. The van der Waals surface area contributed by atoms with Gasteiger partial charge in [0.1, 0.15) is 12.7 Å². The molecular weight excluding hydrogens is 338 g/mol. The third-order valence-corrected chi connectivity index (χ3v) is 6.00. The van der Waals surface area contributed by atoms with Crippen LogP contribution < -0.4 is 5.32 Å². The fourth-order valence-electron chi connectivity index (χ4n) is 4.48. The van der Waals surface area contributed by atoms with Gasteiger partial charge in [-0.25, -0.2) is 9.67 Å². The highest BCUT2D eigenvalue weighted by Crippen LogP contribution is 2.28. The van der Waals surface area contributed by atoms with Gasteiger partial charge in [0, 0.05) is 12.6 Å². The lowest BCUT2D eigenvalue weighted by atomic mass is 9.90. The van der Waals surface area contributed by atoms with Crippen molar-refractivity contribution in [3.63, 3.8) is 0 Å². The van der Waals surface area contributed by atoms with Crippen LogP contribution in [0.25, 0.3) is 0 Å². The van der Waals surface area contributed by atoms with Crippen molar-refractivity contribution in [2.45, 2.75) is 69.6 Å². The summed E-state index contributed by atoms with van der Waals surface area (Å²) in [5.41, 5.74) is 1.28. The number of aromatic nitrogens is 3. The lowest BCUT2D eigenvalue weighted by molar-refractivity contribution is -0.128. The first kappa shape index (κ1) is 18.2. The van der Waals surface area contributed by atoms with E-state index in [2.05, 4.69) is 44.6 Å². The molecule has 1 saturated heterocycles. The van der Waals surface area contributed by atoms with E-state index in [-0.39, 0.29) is 18.0 Å². The molecule has 1 amide bonds. The van der Waals surface area contributed by atoms with Crippen LogP contribution in [0.4, 0.5) is 0 Å². The highest BCUT2D eigenvalue weighted by molar-refractivity contribution is 5.82. The Bertz CT molecular complexity index is 709. The van der Waals surface area contributed by atoms with E-state index >= 15 is 0 Å². The predicted octanol–water partition coefficient (Wildman–Crippen LogP) is 2.93.